The summed E-state index contributed by atoms with van der Waals surface area (Å²) in [6.07, 6.45) is 0.466. The molecule has 0 saturated carbocycles. The first-order valence-corrected chi connectivity index (χ1v) is 10.7. The van der Waals surface area contributed by atoms with E-state index in [1.54, 1.807) is 32.0 Å². The number of nitrogens with one attached hydrogen (secondary N) is 2. The van der Waals surface area contributed by atoms with Crippen molar-refractivity contribution < 1.29 is 26.4 Å². The Morgan fingerprint density at radius 1 is 1.07 bits per heavy atom. The second-order valence-corrected chi connectivity index (χ2v) is 8.91. The standard InChI is InChI=1S/C18H19F3N2O3S2/c1-3-11-28(25,26)23-16-6-4-5-15(12(16)2)22-17(24)13-7-9-14(10-8-13)27-18(19,20)21/h4-10,23H,3,11H2,1-2H3,(H,22,24). The Labute approximate surface area is 165 Å². The van der Waals surface area contributed by atoms with Crippen LogP contribution in [-0.4, -0.2) is 25.6 Å². The van der Waals surface area contributed by atoms with Gasteiger partial charge in [-0.15, -0.1) is 0 Å². The maximum atomic E-state index is 12.4. The number of benzene rings is 2. The summed E-state index contributed by atoms with van der Waals surface area (Å²) >= 11 is -0.258. The highest BCUT2D eigenvalue weighted by Gasteiger charge is 2.29. The van der Waals surface area contributed by atoms with Crippen molar-refractivity contribution in [3.8, 4) is 0 Å². The molecule has 152 valence electrons. The number of sulfonamides is 1. The van der Waals surface area contributed by atoms with Crippen LogP contribution in [0.5, 0.6) is 0 Å². The van der Waals surface area contributed by atoms with E-state index in [4.69, 9.17) is 0 Å². The molecule has 5 nitrogen and oxygen atoms in total. The average molecular weight is 432 g/mol. The zero-order valence-corrected chi connectivity index (χ0v) is 16.8. The Bertz CT molecular complexity index is 944. The molecule has 0 radical (unpaired) electrons. The molecular weight excluding hydrogens is 413 g/mol. The Hall–Kier alpha value is -2.20. The highest BCUT2D eigenvalue weighted by atomic mass is 32.2. The molecule has 2 rings (SSSR count). The molecule has 0 aliphatic heterocycles. The van der Waals surface area contributed by atoms with E-state index in [9.17, 15) is 26.4 Å². The fraction of sp³-hybridized carbons (Fsp3) is 0.278. The molecule has 0 aromatic heterocycles. The van der Waals surface area contributed by atoms with Gasteiger partial charge in [0.2, 0.25) is 10.0 Å². The van der Waals surface area contributed by atoms with E-state index >= 15 is 0 Å². The summed E-state index contributed by atoms with van der Waals surface area (Å²) in [4.78, 5) is 12.4. The topological polar surface area (TPSA) is 75.3 Å². The third-order valence-electron chi connectivity index (χ3n) is 3.67. The van der Waals surface area contributed by atoms with Crippen LogP contribution in [0.25, 0.3) is 0 Å². The van der Waals surface area contributed by atoms with E-state index < -0.39 is 21.4 Å². The van der Waals surface area contributed by atoms with Gasteiger partial charge >= 0.3 is 5.51 Å². The van der Waals surface area contributed by atoms with E-state index in [-0.39, 0.29) is 28.0 Å². The van der Waals surface area contributed by atoms with Crippen molar-refractivity contribution in [2.24, 2.45) is 0 Å². The average Bonchev–Trinajstić information content (AvgIpc) is 2.57. The lowest BCUT2D eigenvalue weighted by Crippen LogP contribution is -2.18. The molecule has 2 aromatic carbocycles. The second kappa shape index (κ2) is 8.87. The number of amides is 1. The number of hydrogen-bond donors (Lipinski definition) is 2. The molecule has 0 atom stereocenters. The Kier molecular flexibility index (Phi) is 7.00. The third-order valence-corrected chi connectivity index (χ3v) is 5.89. The predicted molar refractivity (Wildman–Crippen MR) is 105 cm³/mol. The van der Waals surface area contributed by atoms with Gasteiger partial charge in [-0.25, -0.2) is 8.42 Å². The molecule has 0 spiro atoms. The van der Waals surface area contributed by atoms with Crippen LogP contribution in [0.1, 0.15) is 29.3 Å². The van der Waals surface area contributed by atoms with Crippen molar-refractivity contribution in [3.63, 3.8) is 0 Å². The van der Waals surface area contributed by atoms with Crippen LogP contribution in [0.2, 0.25) is 0 Å². The van der Waals surface area contributed by atoms with Crippen LogP contribution >= 0.6 is 11.8 Å². The quantitative estimate of drug-likeness (QED) is 0.603. The molecular formula is C18H19F3N2O3S2. The summed E-state index contributed by atoms with van der Waals surface area (Å²) in [7, 11) is -3.48. The summed E-state index contributed by atoms with van der Waals surface area (Å²) in [5.74, 6) is -0.536. The SMILES string of the molecule is CCCS(=O)(=O)Nc1cccc(NC(=O)c2ccc(SC(F)(F)F)cc2)c1C. The molecule has 0 aliphatic rings. The van der Waals surface area contributed by atoms with Crippen molar-refractivity contribution in [2.45, 2.75) is 30.7 Å². The lowest BCUT2D eigenvalue weighted by Gasteiger charge is -2.14. The molecule has 0 heterocycles. The van der Waals surface area contributed by atoms with Crippen molar-refractivity contribution in [3.05, 3.63) is 53.6 Å². The normalized spacial score (nSPS) is 11.9. The minimum atomic E-state index is -4.40. The molecule has 0 aliphatic carbocycles. The zero-order chi connectivity index (χ0) is 20.9. The van der Waals surface area contributed by atoms with Gasteiger partial charge in [-0.2, -0.15) is 13.2 Å². The van der Waals surface area contributed by atoms with Gasteiger partial charge < -0.3 is 5.32 Å². The number of alkyl halides is 3. The summed E-state index contributed by atoms with van der Waals surface area (Å²) in [5, 5.41) is 2.65. The van der Waals surface area contributed by atoms with Gasteiger partial charge in [-0.05, 0) is 67.1 Å². The van der Waals surface area contributed by atoms with Crippen LogP contribution in [-0.2, 0) is 10.0 Å². The summed E-state index contributed by atoms with van der Waals surface area (Å²) in [6.45, 7) is 3.41. The highest BCUT2D eigenvalue weighted by molar-refractivity contribution is 8.00. The van der Waals surface area contributed by atoms with Crippen molar-refractivity contribution in [1.29, 1.82) is 0 Å². The van der Waals surface area contributed by atoms with Crippen LogP contribution in [0.3, 0.4) is 0 Å². The summed E-state index contributed by atoms with van der Waals surface area (Å²) in [5.41, 5.74) is -2.94. The van der Waals surface area contributed by atoms with Crippen molar-refractivity contribution in [1.82, 2.24) is 0 Å². The number of anilines is 2. The number of halogens is 3. The highest BCUT2D eigenvalue weighted by Crippen LogP contribution is 2.36. The largest absolute Gasteiger partial charge is 0.446 e. The number of thioether (sulfide) groups is 1. The van der Waals surface area contributed by atoms with E-state index in [0.717, 1.165) is 0 Å². The molecule has 2 aromatic rings. The first-order valence-electron chi connectivity index (χ1n) is 8.28. The van der Waals surface area contributed by atoms with E-state index in [1.807, 2.05) is 0 Å². The smallest absolute Gasteiger partial charge is 0.322 e. The van der Waals surface area contributed by atoms with Gasteiger partial charge in [-0.3, -0.25) is 9.52 Å². The molecule has 10 heteroatoms. The maximum Gasteiger partial charge on any atom is 0.446 e. The first kappa shape index (κ1) is 22.1. The number of hydrogen-bond acceptors (Lipinski definition) is 4. The Morgan fingerprint density at radius 3 is 2.25 bits per heavy atom. The first-order chi connectivity index (χ1) is 13.0. The molecule has 0 bridgehead atoms. The molecule has 1 amide bonds. The monoisotopic (exact) mass is 432 g/mol. The Balaban J connectivity index is 2.15. The van der Waals surface area contributed by atoms with Gasteiger partial charge in [-0.1, -0.05) is 13.0 Å². The van der Waals surface area contributed by atoms with Gasteiger partial charge in [0.1, 0.15) is 0 Å². The van der Waals surface area contributed by atoms with E-state index in [2.05, 4.69) is 10.0 Å². The fourth-order valence-electron chi connectivity index (χ4n) is 2.37. The zero-order valence-electron chi connectivity index (χ0n) is 15.1. The lowest BCUT2D eigenvalue weighted by atomic mass is 10.1. The Morgan fingerprint density at radius 2 is 1.68 bits per heavy atom. The molecule has 0 unspecified atom stereocenters. The van der Waals surface area contributed by atoms with Gasteiger partial charge in [0.25, 0.3) is 5.91 Å². The minimum Gasteiger partial charge on any atom is -0.322 e. The van der Waals surface area contributed by atoms with Gasteiger partial charge in [0.15, 0.2) is 0 Å². The molecule has 0 saturated heterocycles. The number of carbonyl (C=O) groups excluding carboxylic acids is 1. The van der Waals surface area contributed by atoms with E-state index in [1.165, 1.54) is 24.3 Å². The lowest BCUT2D eigenvalue weighted by molar-refractivity contribution is -0.0328. The predicted octanol–water partition coefficient (Wildman–Crippen LogP) is 5.01. The summed E-state index contributed by atoms with van der Waals surface area (Å²) in [6, 6.07) is 9.82. The van der Waals surface area contributed by atoms with Crippen molar-refractivity contribution >= 4 is 39.1 Å². The molecule has 0 fully saturated rings. The van der Waals surface area contributed by atoms with Crippen LogP contribution in [0, 0.1) is 6.92 Å². The third kappa shape index (κ3) is 6.45. The van der Waals surface area contributed by atoms with Crippen LogP contribution in [0.4, 0.5) is 24.5 Å². The van der Waals surface area contributed by atoms with Crippen molar-refractivity contribution in [2.75, 3.05) is 15.8 Å². The molecule has 28 heavy (non-hydrogen) atoms. The minimum absolute atomic E-state index is 0.0208. The summed E-state index contributed by atoms with van der Waals surface area (Å²) < 4.78 is 63.5. The van der Waals surface area contributed by atoms with Crippen LogP contribution in [0.15, 0.2) is 47.4 Å². The van der Waals surface area contributed by atoms with Crippen LogP contribution < -0.4 is 10.0 Å². The van der Waals surface area contributed by atoms with Gasteiger partial charge in [0.05, 0.1) is 11.4 Å². The number of rotatable bonds is 7. The van der Waals surface area contributed by atoms with E-state index in [0.29, 0.717) is 23.4 Å². The fourth-order valence-corrected chi connectivity index (χ4v) is 4.11. The second-order valence-electron chi connectivity index (χ2n) is 5.93. The molecule has 2 N–H and O–H groups in total. The van der Waals surface area contributed by atoms with Gasteiger partial charge in [0, 0.05) is 16.1 Å². The maximum absolute atomic E-state index is 12.4. The number of carbonyl (C=O) groups is 1.